The van der Waals surface area contributed by atoms with Crippen molar-refractivity contribution in [3.05, 3.63) is 52.0 Å². The Morgan fingerprint density at radius 1 is 1.32 bits per heavy atom. The topological polar surface area (TPSA) is 68.0 Å². The number of halogens is 3. The van der Waals surface area contributed by atoms with E-state index in [1.165, 1.54) is 0 Å². The number of amides is 1. The van der Waals surface area contributed by atoms with Gasteiger partial charge in [-0.2, -0.15) is 13.2 Å². The summed E-state index contributed by atoms with van der Waals surface area (Å²) in [7, 11) is 0. The Morgan fingerprint density at radius 3 is 2.50 bits per heavy atom. The lowest BCUT2D eigenvalue weighted by atomic mass is 9.92. The van der Waals surface area contributed by atoms with Crippen molar-refractivity contribution in [1.82, 2.24) is 10.3 Å². The van der Waals surface area contributed by atoms with Gasteiger partial charge in [0.1, 0.15) is 10.5 Å². The summed E-state index contributed by atoms with van der Waals surface area (Å²) in [6.07, 6.45) is -4.48. The first-order valence-corrected chi connectivity index (χ1v) is 7.23. The molecule has 0 saturated heterocycles. The van der Waals surface area contributed by atoms with E-state index in [0.29, 0.717) is 5.56 Å². The highest BCUT2D eigenvalue weighted by Gasteiger charge is 2.34. The maximum Gasteiger partial charge on any atom is 0.434 e. The average molecular weight is 329 g/mol. The zero-order valence-corrected chi connectivity index (χ0v) is 12.5. The number of carbonyl (C=O) groups is 1. The van der Waals surface area contributed by atoms with Gasteiger partial charge in [0.25, 0.3) is 0 Å². The summed E-state index contributed by atoms with van der Waals surface area (Å²) in [6.45, 7) is 1.44. The largest absolute Gasteiger partial charge is 0.434 e. The van der Waals surface area contributed by atoms with E-state index in [-0.39, 0.29) is 11.6 Å². The molecule has 1 unspecified atom stereocenters. The number of nitrogens with one attached hydrogen (secondary N) is 1. The van der Waals surface area contributed by atoms with Gasteiger partial charge < -0.3 is 11.1 Å². The molecule has 0 fully saturated rings. The highest BCUT2D eigenvalue weighted by Crippen LogP contribution is 2.30. The smallest absolute Gasteiger partial charge is 0.348 e. The first kappa shape index (κ1) is 16.4. The molecule has 1 aromatic carbocycles. The molecule has 0 aliphatic rings. The number of carbonyl (C=O) groups excluding carboxylic acids is 1. The maximum absolute atomic E-state index is 12.4. The van der Waals surface area contributed by atoms with Gasteiger partial charge in [-0.1, -0.05) is 30.3 Å². The van der Waals surface area contributed by atoms with E-state index >= 15 is 0 Å². The quantitative estimate of drug-likeness (QED) is 0.906. The van der Waals surface area contributed by atoms with E-state index in [1.54, 1.807) is 37.3 Å². The van der Waals surface area contributed by atoms with Gasteiger partial charge in [-0.25, -0.2) is 4.98 Å². The second kappa shape index (κ2) is 6.05. The summed E-state index contributed by atoms with van der Waals surface area (Å²) in [5, 5.41) is 3.61. The Morgan fingerprint density at radius 2 is 1.95 bits per heavy atom. The maximum atomic E-state index is 12.4. The molecule has 2 aromatic rings. The predicted octanol–water partition coefficient (Wildman–Crippen LogP) is 2.65. The van der Waals surface area contributed by atoms with Crippen molar-refractivity contribution >= 4 is 17.2 Å². The van der Waals surface area contributed by atoms with Gasteiger partial charge in [0.05, 0.1) is 6.54 Å². The summed E-state index contributed by atoms with van der Waals surface area (Å²) in [6, 6.07) is 8.73. The molecule has 118 valence electrons. The molecule has 1 aromatic heterocycles. The summed E-state index contributed by atoms with van der Waals surface area (Å²) >= 11 is 0.838. The number of hydrogen-bond donors (Lipinski definition) is 2. The van der Waals surface area contributed by atoms with Gasteiger partial charge in [0.15, 0.2) is 5.69 Å². The Kier molecular flexibility index (Phi) is 4.52. The zero-order chi connectivity index (χ0) is 16.4. The number of alkyl halides is 3. The molecule has 1 atom stereocenters. The lowest BCUT2D eigenvalue weighted by Crippen LogP contribution is -2.48. The number of benzene rings is 1. The Labute approximate surface area is 129 Å². The van der Waals surface area contributed by atoms with Crippen LogP contribution in [0.1, 0.15) is 23.2 Å². The van der Waals surface area contributed by atoms with Crippen molar-refractivity contribution in [2.45, 2.75) is 25.2 Å². The van der Waals surface area contributed by atoms with Crippen LogP contribution in [0.4, 0.5) is 13.2 Å². The molecule has 0 bridgehead atoms. The number of nitrogens with two attached hydrogens (primary N) is 1. The molecule has 1 heterocycles. The predicted molar refractivity (Wildman–Crippen MR) is 76.9 cm³/mol. The molecular formula is C14H14F3N3OS. The molecule has 0 aliphatic heterocycles. The summed E-state index contributed by atoms with van der Waals surface area (Å²) < 4.78 is 37.3. The van der Waals surface area contributed by atoms with Crippen LogP contribution in [-0.4, -0.2) is 10.9 Å². The second-order valence-electron chi connectivity index (χ2n) is 4.88. The fourth-order valence-corrected chi connectivity index (χ4v) is 2.52. The van der Waals surface area contributed by atoms with Gasteiger partial charge in [-0.3, -0.25) is 4.79 Å². The minimum atomic E-state index is -4.48. The highest BCUT2D eigenvalue weighted by atomic mass is 32.1. The first-order valence-electron chi connectivity index (χ1n) is 6.35. The van der Waals surface area contributed by atoms with E-state index in [4.69, 9.17) is 5.73 Å². The lowest BCUT2D eigenvalue weighted by molar-refractivity contribution is -0.140. The fourth-order valence-electron chi connectivity index (χ4n) is 1.78. The highest BCUT2D eigenvalue weighted by molar-refractivity contribution is 7.09. The van der Waals surface area contributed by atoms with Crippen molar-refractivity contribution in [3.63, 3.8) is 0 Å². The summed E-state index contributed by atoms with van der Waals surface area (Å²) in [5.41, 5.74) is 4.39. The molecule has 0 radical (unpaired) electrons. The number of rotatable bonds is 4. The number of aromatic nitrogens is 1. The van der Waals surface area contributed by atoms with Crippen LogP contribution in [0.5, 0.6) is 0 Å². The van der Waals surface area contributed by atoms with E-state index in [2.05, 4.69) is 10.3 Å². The second-order valence-corrected chi connectivity index (χ2v) is 5.82. The number of thiazole rings is 1. The minimum Gasteiger partial charge on any atom is -0.348 e. The summed E-state index contributed by atoms with van der Waals surface area (Å²) in [5.74, 6) is -0.484. The van der Waals surface area contributed by atoms with Gasteiger partial charge >= 0.3 is 6.18 Å². The lowest BCUT2D eigenvalue weighted by Gasteiger charge is -2.23. The van der Waals surface area contributed by atoms with Crippen molar-refractivity contribution in [3.8, 4) is 0 Å². The van der Waals surface area contributed by atoms with Crippen LogP contribution in [0.3, 0.4) is 0 Å². The van der Waals surface area contributed by atoms with E-state index in [1.807, 2.05) is 0 Å². The third kappa shape index (κ3) is 3.63. The molecule has 2 rings (SSSR count). The Hall–Kier alpha value is -1.93. The monoisotopic (exact) mass is 329 g/mol. The molecule has 8 heteroatoms. The van der Waals surface area contributed by atoms with Crippen LogP contribution in [0.15, 0.2) is 35.7 Å². The number of hydrogen-bond acceptors (Lipinski definition) is 4. The third-order valence-corrected chi connectivity index (χ3v) is 3.94. The van der Waals surface area contributed by atoms with Crippen LogP contribution in [0, 0.1) is 0 Å². The Balaban J connectivity index is 2.02. The van der Waals surface area contributed by atoms with Crippen molar-refractivity contribution < 1.29 is 18.0 Å². The molecule has 4 nitrogen and oxygen atoms in total. The SMILES string of the molecule is CC(N)(C(=O)NCc1nc(C(F)(F)F)cs1)c1ccccc1. The van der Waals surface area contributed by atoms with Crippen molar-refractivity contribution in [1.29, 1.82) is 0 Å². The third-order valence-electron chi connectivity index (χ3n) is 3.09. The van der Waals surface area contributed by atoms with E-state index in [0.717, 1.165) is 16.7 Å². The minimum absolute atomic E-state index is 0.0980. The molecule has 0 saturated carbocycles. The van der Waals surface area contributed by atoms with Gasteiger partial charge in [0.2, 0.25) is 5.91 Å². The first-order chi connectivity index (χ1) is 10.2. The van der Waals surface area contributed by atoms with Crippen LogP contribution in [-0.2, 0) is 23.1 Å². The molecule has 0 aliphatic carbocycles. The van der Waals surface area contributed by atoms with E-state index in [9.17, 15) is 18.0 Å². The zero-order valence-electron chi connectivity index (χ0n) is 11.6. The van der Waals surface area contributed by atoms with Crippen LogP contribution < -0.4 is 11.1 Å². The van der Waals surface area contributed by atoms with Crippen LogP contribution in [0.2, 0.25) is 0 Å². The van der Waals surface area contributed by atoms with E-state index < -0.39 is 23.3 Å². The van der Waals surface area contributed by atoms with Crippen molar-refractivity contribution in [2.75, 3.05) is 0 Å². The Bertz CT molecular complexity index is 653. The van der Waals surface area contributed by atoms with Crippen LogP contribution >= 0.6 is 11.3 Å². The fraction of sp³-hybridized carbons (Fsp3) is 0.286. The van der Waals surface area contributed by atoms with Gasteiger partial charge in [0, 0.05) is 5.38 Å². The van der Waals surface area contributed by atoms with Crippen molar-refractivity contribution in [2.24, 2.45) is 5.73 Å². The summed E-state index contributed by atoms with van der Waals surface area (Å²) in [4.78, 5) is 15.6. The van der Waals surface area contributed by atoms with Gasteiger partial charge in [-0.05, 0) is 12.5 Å². The average Bonchev–Trinajstić information content (AvgIpc) is 2.94. The molecular weight excluding hydrogens is 315 g/mol. The van der Waals surface area contributed by atoms with Crippen LogP contribution in [0.25, 0.3) is 0 Å². The van der Waals surface area contributed by atoms with Gasteiger partial charge in [-0.15, -0.1) is 11.3 Å². The standard InChI is InChI=1S/C14H14F3N3OS/c1-13(18,9-5-3-2-4-6-9)12(21)19-7-11-20-10(8-22-11)14(15,16)17/h2-6,8H,7,18H2,1H3,(H,19,21). The normalized spacial score (nSPS) is 14.4. The molecule has 3 N–H and O–H groups in total. The molecule has 0 spiro atoms. The molecule has 1 amide bonds. The number of nitrogens with zero attached hydrogens (tertiary/aromatic N) is 1. The molecule has 22 heavy (non-hydrogen) atoms.